The van der Waals surface area contributed by atoms with E-state index in [1.165, 1.54) is 12.1 Å². The van der Waals surface area contributed by atoms with E-state index in [4.69, 9.17) is 0 Å². The third kappa shape index (κ3) is 3.44. The van der Waals surface area contributed by atoms with E-state index in [-0.39, 0.29) is 11.6 Å². The van der Waals surface area contributed by atoms with Crippen LogP contribution in [0.4, 0.5) is 11.4 Å². The van der Waals surface area contributed by atoms with Gasteiger partial charge < -0.3 is 4.90 Å². The number of nitro benzene ring substituents is 1. The Morgan fingerprint density at radius 1 is 1.19 bits per heavy atom. The van der Waals surface area contributed by atoms with Crippen LogP contribution in [-0.2, 0) is 17.6 Å². The predicted octanol–water partition coefficient (Wildman–Crippen LogP) is 3.30. The molecule has 0 N–H and O–H groups in total. The molecule has 1 aliphatic heterocycles. The Hall–Kier alpha value is -3.48. The van der Waals surface area contributed by atoms with Crippen molar-refractivity contribution >= 4 is 17.3 Å². The second-order valence-corrected chi connectivity index (χ2v) is 6.49. The number of rotatable bonds is 5. The minimum Gasteiger partial charge on any atom is -0.312 e. The van der Waals surface area contributed by atoms with Crippen LogP contribution in [0.3, 0.4) is 0 Å². The van der Waals surface area contributed by atoms with Crippen molar-refractivity contribution in [3.63, 3.8) is 0 Å². The van der Waals surface area contributed by atoms with Crippen molar-refractivity contribution in [1.82, 2.24) is 9.78 Å². The molecule has 136 valence electrons. The third-order valence-electron chi connectivity index (χ3n) is 4.76. The molecule has 1 aromatic heterocycles. The maximum absolute atomic E-state index is 12.7. The van der Waals surface area contributed by atoms with E-state index < -0.39 is 4.92 Å². The van der Waals surface area contributed by atoms with Gasteiger partial charge >= 0.3 is 0 Å². The molecule has 2 aromatic carbocycles. The summed E-state index contributed by atoms with van der Waals surface area (Å²) in [7, 11) is 0. The van der Waals surface area contributed by atoms with Crippen molar-refractivity contribution < 1.29 is 9.72 Å². The van der Waals surface area contributed by atoms with Gasteiger partial charge in [-0.1, -0.05) is 24.3 Å². The largest absolute Gasteiger partial charge is 0.312 e. The Bertz CT molecular complexity index is 997. The molecule has 7 heteroatoms. The number of aromatic nitrogens is 2. The lowest BCUT2D eigenvalue weighted by Crippen LogP contribution is -2.29. The van der Waals surface area contributed by atoms with Crippen LogP contribution in [0.5, 0.6) is 0 Å². The molecule has 2 heterocycles. The van der Waals surface area contributed by atoms with E-state index in [9.17, 15) is 14.9 Å². The summed E-state index contributed by atoms with van der Waals surface area (Å²) < 4.78 is 1.79. The number of fused-ring (bicyclic) bond motifs is 1. The van der Waals surface area contributed by atoms with Gasteiger partial charge in [0.05, 0.1) is 22.5 Å². The number of nitrogens with zero attached hydrogens (tertiary/aromatic N) is 4. The Kier molecular flexibility index (Phi) is 4.42. The van der Waals surface area contributed by atoms with Crippen LogP contribution in [-0.4, -0.2) is 27.2 Å². The summed E-state index contributed by atoms with van der Waals surface area (Å²) in [4.78, 5) is 24.9. The number of hydrogen-bond acceptors (Lipinski definition) is 4. The van der Waals surface area contributed by atoms with Crippen molar-refractivity contribution in [2.45, 2.75) is 19.3 Å². The summed E-state index contributed by atoms with van der Waals surface area (Å²) >= 11 is 0. The summed E-state index contributed by atoms with van der Waals surface area (Å²) in [6, 6.07) is 14.5. The first-order valence-electron chi connectivity index (χ1n) is 8.78. The number of anilines is 1. The molecule has 7 nitrogen and oxygen atoms in total. The van der Waals surface area contributed by atoms with Gasteiger partial charge in [-0.05, 0) is 36.1 Å². The van der Waals surface area contributed by atoms with Crippen molar-refractivity contribution in [2.24, 2.45) is 0 Å². The Morgan fingerprint density at radius 2 is 2.00 bits per heavy atom. The summed E-state index contributed by atoms with van der Waals surface area (Å²) in [6.45, 7) is 0.568. The van der Waals surface area contributed by atoms with Gasteiger partial charge in [-0.15, -0.1) is 0 Å². The average molecular weight is 362 g/mol. The first-order chi connectivity index (χ1) is 13.1. The summed E-state index contributed by atoms with van der Waals surface area (Å²) in [5.74, 6) is -0.0262. The highest BCUT2D eigenvalue weighted by molar-refractivity contribution is 5.96. The number of carbonyl (C=O) groups is 1. The molecule has 27 heavy (non-hydrogen) atoms. The molecule has 0 saturated heterocycles. The lowest BCUT2D eigenvalue weighted by atomic mass is 10.1. The van der Waals surface area contributed by atoms with Gasteiger partial charge in [-0.25, -0.2) is 4.68 Å². The molecule has 0 bridgehead atoms. The zero-order chi connectivity index (χ0) is 18.8. The molecule has 0 radical (unpaired) electrons. The number of hydrogen-bond donors (Lipinski definition) is 0. The molecule has 0 aliphatic carbocycles. The van der Waals surface area contributed by atoms with Gasteiger partial charge in [-0.3, -0.25) is 14.9 Å². The van der Waals surface area contributed by atoms with Crippen molar-refractivity contribution in [3.8, 4) is 5.69 Å². The normalized spacial score (nSPS) is 12.8. The van der Waals surface area contributed by atoms with Gasteiger partial charge in [0.25, 0.3) is 5.69 Å². The van der Waals surface area contributed by atoms with E-state index in [1.54, 1.807) is 21.8 Å². The second-order valence-electron chi connectivity index (χ2n) is 6.49. The number of non-ortho nitro benzene ring substituents is 1. The zero-order valence-corrected chi connectivity index (χ0v) is 14.6. The number of carbonyl (C=O) groups excluding carboxylic acids is 1. The van der Waals surface area contributed by atoms with Crippen molar-refractivity contribution in [2.75, 3.05) is 11.4 Å². The molecular formula is C20H18N4O3. The summed E-state index contributed by atoms with van der Waals surface area (Å²) in [5.41, 5.74) is 3.60. The topological polar surface area (TPSA) is 81.3 Å². The molecular weight excluding hydrogens is 344 g/mol. The van der Waals surface area contributed by atoms with Crippen LogP contribution in [0.2, 0.25) is 0 Å². The first-order valence-corrected chi connectivity index (χ1v) is 8.78. The lowest BCUT2D eigenvalue weighted by molar-refractivity contribution is -0.384. The standard InChI is InChI=1S/C20H18N4O3/c25-20(22-11-10-16-7-8-18(24(26)27)12-19(16)22)9-6-15-13-21-23(14-15)17-4-2-1-3-5-17/h1-5,7-8,12-14H,6,9-11H2. The number of nitro groups is 1. The minimum absolute atomic E-state index is 0.0117. The molecule has 4 rings (SSSR count). The quantitative estimate of drug-likeness (QED) is 0.515. The Morgan fingerprint density at radius 3 is 2.78 bits per heavy atom. The van der Waals surface area contributed by atoms with Crippen LogP contribution in [0.1, 0.15) is 17.5 Å². The number of para-hydroxylation sites is 1. The summed E-state index contributed by atoms with van der Waals surface area (Å²) in [6.07, 6.45) is 5.33. The fraction of sp³-hybridized carbons (Fsp3) is 0.200. The molecule has 0 atom stereocenters. The predicted molar refractivity (Wildman–Crippen MR) is 101 cm³/mol. The van der Waals surface area contributed by atoms with Crippen molar-refractivity contribution in [3.05, 3.63) is 82.2 Å². The van der Waals surface area contributed by atoms with E-state index in [0.717, 1.165) is 23.2 Å². The lowest BCUT2D eigenvalue weighted by Gasteiger charge is -2.17. The van der Waals surface area contributed by atoms with Crippen molar-refractivity contribution in [1.29, 1.82) is 0 Å². The van der Waals surface area contributed by atoms with E-state index in [0.29, 0.717) is 25.1 Å². The van der Waals surface area contributed by atoms with Gasteiger partial charge in [0.1, 0.15) is 0 Å². The fourth-order valence-corrected chi connectivity index (χ4v) is 3.34. The first kappa shape index (κ1) is 17.0. The van der Waals surface area contributed by atoms with Crippen LogP contribution in [0, 0.1) is 10.1 Å². The smallest absolute Gasteiger partial charge is 0.271 e. The number of aryl methyl sites for hydroxylation is 1. The third-order valence-corrected chi connectivity index (χ3v) is 4.76. The monoisotopic (exact) mass is 362 g/mol. The molecule has 1 aliphatic rings. The van der Waals surface area contributed by atoms with Gasteiger partial charge in [-0.2, -0.15) is 5.10 Å². The van der Waals surface area contributed by atoms with Crippen LogP contribution < -0.4 is 4.90 Å². The van der Waals surface area contributed by atoms with Crippen LogP contribution in [0.15, 0.2) is 60.9 Å². The zero-order valence-electron chi connectivity index (χ0n) is 14.6. The van der Waals surface area contributed by atoms with Gasteiger partial charge in [0, 0.05) is 31.3 Å². The highest BCUT2D eigenvalue weighted by Crippen LogP contribution is 2.32. The molecule has 0 fully saturated rings. The minimum atomic E-state index is -0.431. The fourth-order valence-electron chi connectivity index (χ4n) is 3.34. The Labute approximate surface area is 156 Å². The number of benzene rings is 2. The van der Waals surface area contributed by atoms with Crippen LogP contribution in [0.25, 0.3) is 5.69 Å². The number of amides is 1. The second kappa shape index (κ2) is 7.03. The molecule has 0 saturated carbocycles. The Balaban J connectivity index is 1.44. The summed E-state index contributed by atoms with van der Waals surface area (Å²) in [5, 5.41) is 15.3. The van der Waals surface area contributed by atoms with E-state index in [1.807, 2.05) is 36.5 Å². The molecule has 3 aromatic rings. The van der Waals surface area contributed by atoms with E-state index in [2.05, 4.69) is 5.10 Å². The van der Waals surface area contributed by atoms with Gasteiger partial charge in [0.2, 0.25) is 5.91 Å². The van der Waals surface area contributed by atoms with Gasteiger partial charge in [0.15, 0.2) is 0 Å². The average Bonchev–Trinajstić information content (AvgIpc) is 3.33. The SMILES string of the molecule is O=C(CCc1cnn(-c2ccccc2)c1)N1CCc2ccc([N+](=O)[O-])cc21. The molecule has 0 unspecified atom stereocenters. The maximum Gasteiger partial charge on any atom is 0.271 e. The van der Waals surface area contributed by atoms with E-state index >= 15 is 0 Å². The molecule has 0 spiro atoms. The highest BCUT2D eigenvalue weighted by Gasteiger charge is 2.26. The van der Waals surface area contributed by atoms with Crippen LogP contribution >= 0.6 is 0 Å². The highest BCUT2D eigenvalue weighted by atomic mass is 16.6. The maximum atomic E-state index is 12.7. The molecule has 1 amide bonds.